The van der Waals surface area contributed by atoms with Crippen LogP contribution in [0.2, 0.25) is 0 Å². The number of nitrogens with zero attached hydrogens (tertiary/aromatic N) is 2. The zero-order valence-electron chi connectivity index (χ0n) is 9.25. The Balaban J connectivity index is 2.10. The molecule has 2 aromatic rings. The average molecular weight is 229 g/mol. The first-order chi connectivity index (χ1) is 8.19. The van der Waals surface area contributed by atoms with Crippen LogP contribution in [0.1, 0.15) is 20.7 Å². The molecule has 1 amide bonds. The van der Waals surface area contributed by atoms with Crippen molar-refractivity contribution in [2.45, 2.75) is 0 Å². The monoisotopic (exact) mass is 229 g/mol. The second-order valence-electron chi connectivity index (χ2n) is 3.60. The van der Waals surface area contributed by atoms with Gasteiger partial charge in [0.2, 0.25) is 0 Å². The first kappa shape index (κ1) is 11.1. The molecule has 0 atom stereocenters. The van der Waals surface area contributed by atoms with Crippen LogP contribution in [-0.2, 0) is 7.05 Å². The maximum atomic E-state index is 11.7. The number of aldehydes is 1. The van der Waals surface area contributed by atoms with Crippen molar-refractivity contribution < 1.29 is 9.59 Å². The number of aryl methyl sites for hydroxylation is 1. The largest absolute Gasteiger partial charge is 0.322 e. The van der Waals surface area contributed by atoms with Crippen molar-refractivity contribution in [2.75, 3.05) is 5.32 Å². The van der Waals surface area contributed by atoms with Gasteiger partial charge in [0.05, 0.1) is 11.8 Å². The van der Waals surface area contributed by atoms with Crippen LogP contribution in [0.15, 0.2) is 36.7 Å². The summed E-state index contributed by atoms with van der Waals surface area (Å²) in [6, 6.07) is 6.65. The molecule has 0 unspecified atom stereocenters. The highest BCUT2D eigenvalue weighted by Gasteiger charge is 2.07. The maximum Gasteiger partial charge on any atom is 0.258 e. The molecule has 0 radical (unpaired) electrons. The zero-order chi connectivity index (χ0) is 12.3. The predicted molar refractivity (Wildman–Crippen MR) is 63.0 cm³/mol. The van der Waals surface area contributed by atoms with E-state index in [4.69, 9.17) is 0 Å². The molecule has 1 aromatic heterocycles. The van der Waals surface area contributed by atoms with E-state index in [1.54, 1.807) is 42.2 Å². The number of carbonyl (C=O) groups is 2. The molecule has 0 fully saturated rings. The normalized spacial score (nSPS) is 9.94. The third-order valence-electron chi connectivity index (χ3n) is 2.27. The number of nitrogens with one attached hydrogen (secondary N) is 1. The van der Waals surface area contributed by atoms with Gasteiger partial charge < -0.3 is 5.32 Å². The third-order valence-corrected chi connectivity index (χ3v) is 2.27. The third kappa shape index (κ3) is 2.57. The van der Waals surface area contributed by atoms with Gasteiger partial charge in [0, 0.05) is 24.5 Å². The summed E-state index contributed by atoms with van der Waals surface area (Å²) in [4.78, 5) is 22.2. The van der Waals surface area contributed by atoms with E-state index in [1.165, 1.54) is 6.20 Å². The number of benzene rings is 1. The van der Waals surface area contributed by atoms with Crippen molar-refractivity contribution in [1.82, 2.24) is 9.78 Å². The Hall–Kier alpha value is -2.43. The van der Waals surface area contributed by atoms with E-state index in [9.17, 15) is 9.59 Å². The number of anilines is 1. The predicted octanol–water partition coefficient (Wildman–Crippen LogP) is 1.48. The van der Waals surface area contributed by atoms with Crippen molar-refractivity contribution in [3.63, 3.8) is 0 Å². The van der Waals surface area contributed by atoms with Gasteiger partial charge in [0.15, 0.2) is 0 Å². The first-order valence-electron chi connectivity index (χ1n) is 5.04. The molecule has 0 bridgehead atoms. The Morgan fingerprint density at radius 2 is 2.06 bits per heavy atom. The Morgan fingerprint density at radius 1 is 1.35 bits per heavy atom. The average Bonchev–Trinajstić information content (AvgIpc) is 2.77. The number of aromatic nitrogens is 2. The molecule has 1 aromatic carbocycles. The summed E-state index contributed by atoms with van der Waals surface area (Å²) in [5.41, 5.74) is 1.71. The summed E-state index contributed by atoms with van der Waals surface area (Å²) < 4.78 is 1.56. The van der Waals surface area contributed by atoms with Crippen LogP contribution in [0, 0.1) is 0 Å². The second-order valence-corrected chi connectivity index (χ2v) is 3.60. The molecule has 5 heteroatoms. The Labute approximate surface area is 98.1 Å². The first-order valence-corrected chi connectivity index (χ1v) is 5.04. The fourth-order valence-electron chi connectivity index (χ4n) is 1.39. The molecular weight excluding hydrogens is 218 g/mol. The second kappa shape index (κ2) is 4.61. The molecule has 1 N–H and O–H groups in total. The van der Waals surface area contributed by atoms with Crippen molar-refractivity contribution in [1.29, 1.82) is 0 Å². The molecule has 1 heterocycles. The van der Waals surface area contributed by atoms with Gasteiger partial charge in [-0.25, -0.2) is 0 Å². The summed E-state index contributed by atoms with van der Waals surface area (Å²) in [5.74, 6) is -0.225. The van der Waals surface area contributed by atoms with Gasteiger partial charge in [-0.1, -0.05) is 0 Å². The van der Waals surface area contributed by atoms with Gasteiger partial charge in [0.1, 0.15) is 6.29 Å². The van der Waals surface area contributed by atoms with Crippen molar-refractivity contribution in [2.24, 2.45) is 7.05 Å². The highest BCUT2D eigenvalue weighted by atomic mass is 16.1. The van der Waals surface area contributed by atoms with Crippen molar-refractivity contribution in [3.05, 3.63) is 47.8 Å². The van der Waals surface area contributed by atoms with Gasteiger partial charge in [-0.2, -0.15) is 5.10 Å². The summed E-state index contributed by atoms with van der Waals surface area (Å²) in [6.07, 6.45) is 3.89. The minimum Gasteiger partial charge on any atom is -0.322 e. The van der Waals surface area contributed by atoms with Crippen molar-refractivity contribution in [3.8, 4) is 0 Å². The number of rotatable bonds is 3. The number of hydrogen-bond acceptors (Lipinski definition) is 3. The van der Waals surface area contributed by atoms with Gasteiger partial charge in [0.25, 0.3) is 5.91 Å². The maximum absolute atomic E-state index is 11.7. The van der Waals surface area contributed by atoms with Gasteiger partial charge in [-0.15, -0.1) is 0 Å². The van der Waals surface area contributed by atoms with E-state index in [-0.39, 0.29) is 5.91 Å². The molecule has 0 aliphatic rings. The van der Waals surface area contributed by atoms with Gasteiger partial charge in [-0.3, -0.25) is 14.3 Å². The highest BCUT2D eigenvalue weighted by molar-refractivity contribution is 6.04. The molecule has 5 nitrogen and oxygen atoms in total. The van der Waals surface area contributed by atoms with E-state index in [0.29, 0.717) is 16.8 Å². The van der Waals surface area contributed by atoms with E-state index in [2.05, 4.69) is 10.4 Å². The van der Waals surface area contributed by atoms with Crippen molar-refractivity contribution >= 4 is 17.9 Å². The minimum absolute atomic E-state index is 0.225. The zero-order valence-corrected chi connectivity index (χ0v) is 9.25. The molecule has 0 saturated carbocycles. The molecule has 2 rings (SSSR count). The lowest BCUT2D eigenvalue weighted by molar-refractivity contribution is 0.102. The van der Waals surface area contributed by atoms with Gasteiger partial charge in [-0.05, 0) is 24.3 Å². The standard InChI is InChI=1S/C12H11N3O2/c1-15-7-10(6-13-15)12(17)14-11-4-2-9(8-16)3-5-11/h2-8H,1H3,(H,14,17). The molecule has 17 heavy (non-hydrogen) atoms. The Kier molecular flexibility index (Phi) is 3.00. The fraction of sp³-hybridized carbons (Fsp3) is 0.0833. The minimum atomic E-state index is -0.225. The smallest absolute Gasteiger partial charge is 0.258 e. The number of hydrogen-bond donors (Lipinski definition) is 1. The van der Waals surface area contributed by atoms with E-state index >= 15 is 0 Å². The summed E-state index contributed by atoms with van der Waals surface area (Å²) in [5, 5.41) is 6.63. The molecule has 0 saturated heterocycles. The van der Waals surface area contributed by atoms with Crippen LogP contribution >= 0.6 is 0 Å². The quantitative estimate of drug-likeness (QED) is 0.811. The van der Waals surface area contributed by atoms with E-state index in [0.717, 1.165) is 6.29 Å². The summed E-state index contributed by atoms with van der Waals surface area (Å²) >= 11 is 0. The highest BCUT2D eigenvalue weighted by Crippen LogP contribution is 2.10. The van der Waals surface area contributed by atoms with Crippen LogP contribution in [0.4, 0.5) is 5.69 Å². The van der Waals surface area contributed by atoms with Crippen LogP contribution in [-0.4, -0.2) is 22.0 Å². The lowest BCUT2D eigenvalue weighted by Crippen LogP contribution is -2.10. The lowest BCUT2D eigenvalue weighted by atomic mass is 10.2. The topological polar surface area (TPSA) is 64.0 Å². The van der Waals surface area contributed by atoms with E-state index in [1.807, 2.05) is 0 Å². The van der Waals surface area contributed by atoms with E-state index < -0.39 is 0 Å². The van der Waals surface area contributed by atoms with Gasteiger partial charge >= 0.3 is 0 Å². The van der Waals surface area contributed by atoms with Crippen LogP contribution < -0.4 is 5.32 Å². The lowest BCUT2D eigenvalue weighted by Gasteiger charge is -2.02. The molecule has 0 aliphatic heterocycles. The Bertz CT molecular complexity index is 543. The van der Waals surface area contributed by atoms with Crippen LogP contribution in [0.3, 0.4) is 0 Å². The van der Waals surface area contributed by atoms with Crippen LogP contribution in [0.5, 0.6) is 0 Å². The molecule has 86 valence electrons. The summed E-state index contributed by atoms with van der Waals surface area (Å²) in [7, 11) is 1.75. The van der Waals surface area contributed by atoms with Crippen LogP contribution in [0.25, 0.3) is 0 Å². The molecular formula is C12H11N3O2. The summed E-state index contributed by atoms with van der Waals surface area (Å²) in [6.45, 7) is 0. The molecule has 0 spiro atoms. The SMILES string of the molecule is Cn1cc(C(=O)Nc2ccc(C=O)cc2)cn1. The number of amides is 1. The fourth-order valence-corrected chi connectivity index (χ4v) is 1.39. The number of carbonyl (C=O) groups excluding carboxylic acids is 2. The molecule has 0 aliphatic carbocycles. The Morgan fingerprint density at radius 3 is 2.59 bits per heavy atom.